The van der Waals surface area contributed by atoms with Crippen LogP contribution in [-0.2, 0) is 9.53 Å². The molecule has 1 amide bonds. The lowest BCUT2D eigenvalue weighted by molar-refractivity contribution is -0.124. The molecule has 0 aromatic rings. The van der Waals surface area contributed by atoms with Crippen molar-refractivity contribution >= 4 is 5.91 Å². The van der Waals surface area contributed by atoms with Crippen LogP contribution in [0.15, 0.2) is 0 Å². The SMILES string of the molecule is O=C(NC1CCC2CNCCC2C1)C1CC1C1CCC(COCC2CCCCC2)CC1. The van der Waals surface area contributed by atoms with Gasteiger partial charge in [-0.15, -0.1) is 0 Å². The van der Waals surface area contributed by atoms with Crippen molar-refractivity contribution in [2.24, 2.45) is 41.4 Å². The first-order valence-corrected chi connectivity index (χ1v) is 13.8. The predicted molar refractivity (Wildman–Crippen MR) is 125 cm³/mol. The summed E-state index contributed by atoms with van der Waals surface area (Å²) in [6.45, 7) is 4.35. The minimum absolute atomic E-state index is 0.329. The Bertz CT molecular complexity index is 582. The molecule has 1 saturated heterocycles. The fourth-order valence-electron chi connectivity index (χ4n) is 7.54. The van der Waals surface area contributed by atoms with Gasteiger partial charge in [0.15, 0.2) is 0 Å². The molecule has 0 bridgehead atoms. The van der Waals surface area contributed by atoms with E-state index in [1.807, 2.05) is 0 Å². The second-order valence-corrected chi connectivity index (χ2v) is 11.9. The smallest absolute Gasteiger partial charge is 0.223 e. The number of hydrogen-bond acceptors (Lipinski definition) is 3. The Morgan fingerprint density at radius 3 is 2.32 bits per heavy atom. The van der Waals surface area contributed by atoms with Crippen LogP contribution in [0.4, 0.5) is 0 Å². The van der Waals surface area contributed by atoms with Gasteiger partial charge in [-0.2, -0.15) is 0 Å². The lowest BCUT2D eigenvalue weighted by Crippen LogP contribution is -2.46. The van der Waals surface area contributed by atoms with Gasteiger partial charge in [0.2, 0.25) is 5.91 Å². The Morgan fingerprint density at radius 2 is 1.52 bits per heavy atom. The Labute approximate surface area is 190 Å². The lowest BCUT2D eigenvalue weighted by Gasteiger charge is -2.39. The topological polar surface area (TPSA) is 50.4 Å². The molecule has 176 valence electrons. The molecular formula is C27H46N2O2. The second kappa shape index (κ2) is 10.5. The summed E-state index contributed by atoms with van der Waals surface area (Å²) in [4.78, 5) is 12.9. The first kappa shape index (κ1) is 22.2. The van der Waals surface area contributed by atoms with Crippen LogP contribution >= 0.6 is 0 Å². The third-order valence-electron chi connectivity index (χ3n) is 9.69. The van der Waals surface area contributed by atoms with Crippen molar-refractivity contribution < 1.29 is 9.53 Å². The van der Waals surface area contributed by atoms with E-state index < -0.39 is 0 Å². The van der Waals surface area contributed by atoms with Crippen molar-refractivity contribution in [1.82, 2.24) is 10.6 Å². The third kappa shape index (κ3) is 5.85. The van der Waals surface area contributed by atoms with Gasteiger partial charge in [0, 0.05) is 25.2 Å². The Hall–Kier alpha value is -0.610. The molecule has 5 rings (SSSR count). The molecule has 31 heavy (non-hydrogen) atoms. The molecule has 5 aliphatic rings. The molecule has 0 spiro atoms. The van der Waals surface area contributed by atoms with Gasteiger partial charge in [-0.05, 0) is 119 Å². The first-order valence-electron chi connectivity index (χ1n) is 13.8. The van der Waals surface area contributed by atoms with Gasteiger partial charge in [-0.25, -0.2) is 0 Å². The molecule has 2 N–H and O–H groups in total. The quantitative estimate of drug-likeness (QED) is 0.603. The molecule has 0 aromatic heterocycles. The maximum atomic E-state index is 12.9. The Kier molecular flexibility index (Phi) is 7.55. The van der Waals surface area contributed by atoms with Gasteiger partial charge >= 0.3 is 0 Å². The standard InChI is InChI=1S/C27H46N2O2/c30-27(29-24-11-10-23-16-28-13-12-22(23)14-24)26-15-25(26)21-8-6-20(7-9-21)18-31-17-19-4-2-1-3-5-19/h19-26,28H,1-18H2,(H,29,30). The molecular weight excluding hydrogens is 384 g/mol. The van der Waals surface area contributed by atoms with Gasteiger partial charge in [0.05, 0.1) is 0 Å². The zero-order chi connectivity index (χ0) is 21.0. The third-order valence-corrected chi connectivity index (χ3v) is 9.69. The summed E-state index contributed by atoms with van der Waals surface area (Å²) in [6.07, 6.45) is 18.5. The lowest BCUT2D eigenvalue weighted by atomic mass is 9.73. The number of nitrogens with one attached hydrogen (secondary N) is 2. The van der Waals surface area contributed by atoms with Gasteiger partial charge in [0.1, 0.15) is 0 Å². The van der Waals surface area contributed by atoms with Crippen molar-refractivity contribution in [3.63, 3.8) is 0 Å². The summed E-state index contributed by atoms with van der Waals surface area (Å²) in [5, 5.41) is 7.02. The fourth-order valence-corrected chi connectivity index (χ4v) is 7.54. The number of hydrogen-bond donors (Lipinski definition) is 2. The van der Waals surface area contributed by atoms with Crippen molar-refractivity contribution in [3.05, 3.63) is 0 Å². The van der Waals surface area contributed by atoms with Crippen LogP contribution in [0, 0.1) is 41.4 Å². The second-order valence-electron chi connectivity index (χ2n) is 11.9. The van der Waals surface area contributed by atoms with Crippen molar-refractivity contribution in [1.29, 1.82) is 0 Å². The number of fused-ring (bicyclic) bond motifs is 1. The van der Waals surface area contributed by atoms with Gasteiger partial charge < -0.3 is 15.4 Å². The van der Waals surface area contributed by atoms with Gasteiger partial charge in [0.25, 0.3) is 0 Å². The Morgan fingerprint density at radius 1 is 0.774 bits per heavy atom. The highest BCUT2D eigenvalue weighted by molar-refractivity contribution is 5.81. The van der Waals surface area contributed by atoms with Gasteiger partial charge in [-0.3, -0.25) is 4.79 Å². The number of carbonyl (C=O) groups excluding carboxylic acids is 1. The summed E-state index contributed by atoms with van der Waals surface area (Å²) >= 11 is 0. The monoisotopic (exact) mass is 430 g/mol. The minimum atomic E-state index is 0.329. The van der Waals surface area contributed by atoms with Crippen molar-refractivity contribution in [2.45, 2.75) is 95.9 Å². The fraction of sp³-hybridized carbons (Fsp3) is 0.963. The predicted octanol–water partition coefficient (Wildman–Crippen LogP) is 4.92. The molecule has 0 radical (unpaired) electrons. The van der Waals surface area contributed by atoms with Crippen LogP contribution in [0.2, 0.25) is 0 Å². The molecule has 4 heteroatoms. The molecule has 4 aliphatic carbocycles. The largest absolute Gasteiger partial charge is 0.381 e. The summed E-state index contributed by atoms with van der Waals surface area (Å²) in [5.41, 5.74) is 0. The van der Waals surface area contributed by atoms with E-state index >= 15 is 0 Å². The summed E-state index contributed by atoms with van der Waals surface area (Å²) < 4.78 is 6.14. The number of piperidine rings is 1. The van der Waals surface area contributed by atoms with Crippen LogP contribution in [0.3, 0.4) is 0 Å². The van der Waals surface area contributed by atoms with Crippen molar-refractivity contribution in [2.75, 3.05) is 26.3 Å². The maximum absolute atomic E-state index is 12.9. The molecule has 5 unspecified atom stereocenters. The molecule has 4 nitrogen and oxygen atoms in total. The molecule has 1 aliphatic heterocycles. The summed E-state index contributed by atoms with van der Waals surface area (Å²) in [7, 11) is 0. The Balaban J connectivity index is 0.971. The number of amides is 1. The molecule has 5 atom stereocenters. The van der Waals surface area contributed by atoms with E-state index in [9.17, 15) is 4.79 Å². The summed E-state index contributed by atoms with van der Waals surface area (Å²) in [6, 6.07) is 0.449. The van der Waals surface area contributed by atoms with E-state index in [2.05, 4.69) is 10.6 Å². The van der Waals surface area contributed by atoms with Crippen molar-refractivity contribution in [3.8, 4) is 0 Å². The number of ether oxygens (including phenoxy) is 1. The van der Waals surface area contributed by atoms with E-state index in [0.29, 0.717) is 23.8 Å². The molecule has 0 aromatic carbocycles. The zero-order valence-electron chi connectivity index (χ0n) is 19.7. The van der Waals surface area contributed by atoms with E-state index in [4.69, 9.17) is 4.74 Å². The average molecular weight is 431 g/mol. The van der Waals surface area contributed by atoms with E-state index in [-0.39, 0.29) is 0 Å². The molecule has 4 saturated carbocycles. The zero-order valence-corrected chi connectivity index (χ0v) is 19.7. The highest BCUT2D eigenvalue weighted by Gasteiger charge is 2.48. The van der Waals surface area contributed by atoms with Gasteiger partial charge in [-0.1, -0.05) is 19.3 Å². The minimum Gasteiger partial charge on any atom is -0.381 e. The van der Waals surface area contributed by atoms with Crippen LogP contribution in [0.1, 0.15) is 89.9 Å². The normalized spacial score (nSPS) is 41.4. The van der Waals surface area contributed by atoms with E-state index in [1.165, 1.54) is 96.6 Å². The highest BCUT2D eigenvalue weighted by Crippen LogP contribution is 2.50. The van der Waals surface area contributed by atoms with Crippen LogP contribution < -0.4 is 10.6 Å². The highest BCUT2D eigenvalue weighted by atomic mass is 16.5. The number of rotatable bonds is 7. The average Bonchev–Trinajstić information content (AvgIpc) is 3.61. The summed E-state index contributed by atoms with van der Waals surface area (Å²) in [5.74, 6) is 5.50. The first-order chi connectivity index (χ1) is 15.3. The van der Waals surface area contributed by atoms with E-state index in [0.717, 1.165) is 49.2 Å². The maximum Gasteiger partial charge on any atom is 0.223 e. The van der Waals surface area contributed by atoms with E-state index in [1.54, 1.807) is 0 Å². The van der Waals surface area contributed by atoms with Crippen LogP contribution in [0.25, 0.3) is 0 Å². The molecule has 1 heterocycles. The van der Waals surface area contributed by atoms with Crippen LogP contribution in [0.5, 0.6) is 0 Å². The molecule has 5 fully saturated rings. The number of carbonyl (C=O) groups is 1. The van der Waals surface area contributed by atoms with Crippen LogP contribution in [-0.4, -0.2) is 38.3 Å².